The van der Waals surface area contributed by atoms with E-state index in [-0.39, 0.29) is 0 Å². The summed E-state index contributed by atoms with van der Waals surface area (Å²) in [5.74, 6) is 1.07. The van der Waals surface area contributed by atoms with Crippen LogP contribution in [0.5, 0.6) is 0 Å². The number of nitrogens with one attached hydrogen (secondary N) is 1. The molecular weight excluding hydrogens is 334 g/mol. The Morgan fingerprint density at radius 3 is 2.80 bits per heavy atom. The molecule has 0 saturated carbocycles. The van der Waals surface area contributed by atoms with Gasteiger partial charge in [0.15, 0.2) is 0 Å². The van der Waals surface area contributed by atoms with Gasteiger partial charge in [-0.1, -0.05) is 12.1 Å². The molecule has 2 aromatic rings. The van der Waals surface area contributed by atoms with E-state index in [1.807, 2.05) is 42.8 Å². The van der Waals surface area contributed by atoms with E-state index in [4.69, 9.17) is 0 Å². The Kier molecular flexibility index (Phi) is 6.13. The lowest BCUT2D eigenvalue weighted by Gasteiger charge is -2.16. The van der Waals surface area contributed by atoms with Crippen molar-refractivity contribution >= 4 is 27.7 Å². The summed E-state index contributed by atoms with van der Waals surface area (Å²) in [5, 5.41) is 7.62. The van der Waals surface area contributed by atoms with Crippen LogP contribution in [0.2, 0.25) is 0 Å². The molecule has 0 saturated heterocycles. The van der Waals surface area contributed by atoms with E-state index in [0.717, 1.165) is 18.6 Å². The number of hydrogen-bond donors (Lipinski definition) is 1. The van der Waals surface area contributed by atoms with Crippen LogP contribution in [0.25, 0.3) is 0 Å². The van der Waals surface area contributed by atoms with Crippen molar-refractivity contribution in [2.24, 2.45) is 7.05 Å². The normalized spacial score (nSPS) is 12.6. The molecule has 0 radical (unpaired) electrons. The van der Waals surface area contributed by atoms with Crippen molar-refractivity contribution in [1.82, 2.24) is 15.1 Å². The summed E-state index contributed by atoms with van der Waals surface area (Å²) < 4.78 is 3.12. The van der Waals surface area contributed by atoms with Crippen LogP contribution in [0.1, 0.15) is 12.1 Å². The van der Waals surface area contributed by atoms with Crippen molar-refractivity contribution in [3.05, 3.63) is 46.7 Å². The predicted octanol–water partition coefficient (Wildman–Crippen LogP) is 3.50. The van der Waals surface area contributed by atoms with Crippen molar-refractivity contribution < 1.29 is 0 Å². The molecule has 20 heavy (non-hydrogen) atoms. The molecule has 0 aliphatic carbocycles. The maximum Gasteiger partial charge on any atom is 0.0492 e. The molecule has 0 aliphatic heterocycles. The quantitative estimate of drug-likeness (QED) is 0.772. The fourth-order valence-corrected chi connectivity index (χ4v) is 3.75. The summed E-state index contributed by atoms with van der Waals surface area (Å²) in [6, 6.07) is 11.0. The van der Waals surface area contributed by atoms with Gasteiger partial charge in [-0.2, -0.15) is 5.10 Å². The highest BCUT2D eigenvalue weighted by Crippen LogP contribution is 2.27. The number of thioether (sulfide) groups is 1. The minimum Gasteiger partial charge on any atom is -0.316 e. The van der Waals surface area contributed by atoms with E-state index >= 15 is 0 Å². The Hall–Kier alpha value is -0.780. The molecule has 1 aromatic heterocycles. The van der Waals surface area contributed by atoms with E-state index in [1.54, 1.807) is 0 Å². The van der Waals surface area contributed by atoms with Crippen LogP contribution in [0.4, 0.5) is 0 Å². The number of halogens is 1. The van der Waals surface area contributed by atoms with E-state index in [0.29, 0.717) is 6.04 Å². The van der Waals surface area contributed by atoms with Gasteiger partial charge in [0.25, 0.3) is 0 Å². The summed E-state index contributed by atoms with van der Waals surface area (Å²) in [6.07, 6.45) is 4.03. The van der Waals surface area contributed by atoms with Crippen LogP contribution in [0.15, 0.2) is 45.9 Å². The lowest BCUT2D eigenvalue weighted by atomic mass is 10.1. The highest BCUT2D eigenvalue weighted by atomic mass is 79.9. The van der Waals surface area contributed by atoms with Crippen LogP contribution in [0.3, 0.4) is 0 Å². The SMILES string of the molecule is CNC(CCc1ccnn1C)CSc1ccccc1Br. The van der Waals surface area contributed by atoms with E-state index < -0.39 is 0 Å². The average Bonchev–Trinajstić information content (AvgIpc) is 2.86. The molecule has 1 atom stereocenters. The summed E-state index contributed by atoms with van der Waals surface area (Å²) in [4.78, 5) is 1.30. The zero-order valence-electron chi connectivity index (χ0n) is 11.8. The van der Waals surface area contributed by atoms with Crippen molar-refractivity contribution in [3.8, 4) is 0 Å². The topological polar surface area (TPSA) is 29.9 Å². The van der Waals surface area contributed by atoms with E-state index in [2.05, 4.69) is 50.6 Å². The standard InChI is InChI=1S/C15H20BrN3S/c1-17-12(7-8-13-9-10-18-19(13)2)11-20-15-6-4-3-5-14(15)16/h3-6,9-10,12,17H,7-8,11H2,1-2H3. The van der Waals surface area contributed by atoms with Gasteiger partial charge >= 0.3 is 0 Å². The molecule has 2 rings (SSSR count). The third-order valence-corrected chi connectivity index (χ3v) is 5.55. The molecule has 0 bridgehead atoms. The van der Waals surface area contributed by atoms with Gasteiger partial charge < -0.3 is 5.32 Å². The molecule has 108 valence electrons. The molecule has 0 fully saturated rings. The van der Waals surface area contributed by atoms with Crippen molar-refractivity contribution in [1.29, 1.82) is 0 Å². The minimum atomic E-state index is 0.502. The Morgan fingerprint density at radius 2 is 2.15 bits per heavy atom. The fraction of sp³-hybridized carbons (Fsp3) is 0.400. The van der Waals surface area contributed by atoms with Crippen LogP contribution < -0.4 is 5.32 Å². The number of aromatic nitrogens is 2. The second-order valence-electron chi connectivity index (χ2n) is 4.71. The first-order chi connectivity index (χ1) is 9.70. The first-order valence-electron chi connectivity index (χ1n) is 6.72. The van der Waals surface area contributed by atoms with Crippen molar-refractivity contribution in [3.63, 3.8) is 0 Å². The van der Waals surface area contributed by atoms with Crippen LogP contribution in [-0.4, -0.2) is 28.6 Å². The number of aryl methyl sites for hydroxylation is 2. The highest BCUT2D eigenvalue weighted by Gasteiger charge is 2.09. The number of rotatable bonds is 7. The monoisotopic (exact) mass is 353 g/mol. The molecule has 1 aromatic carbocycles. The Balaban J connectivity index is 1.84. The molecule has 1 N–H and O–H groups in total. The first-order valence-corrected chi connectivity index (χ1v) is 8.50. The van der Waals surface area contributed by atoms with Gasteiger partial charge in [0.2, 0.25) is 0 Å². The van der Waals surface area contributed by atoms with Gasteiger partial charge in [0, 0.05) is 40.1 Å². The highest BCUT2D eigenvalue weighted by molar-refractivity contribution is 9.10. The molecule has 5 heteroatoms. The molecular formula is C15H20BrN3S. The zero-order valence-corrected chi connectivity index (χ0v) is 14.2. The second-order valence-corrected chi connectivity index (χ2v) is 6.63. The van der Waals surface area contributed by atoms with Gasteiger partial charge in [0.1, 0.15) is 0 Å². The van der Waals surface area contributed by atoms with Crippen molar-refractivity contribution in [2.45, 2.75) is 23.8 Å². The summed E-state index contributed by atoms with van der Waals surface area (Å²) in [7, 11) is 4.04. The third kappa shape index (κ3) is 4.36. The Labute approximate surface area is 133 Å². The van der Waals surface area contributed by atoms with Crippen molar-refractivity contribution in [2.75, 3.05) is 12.8 Å². The Morgan fingerprint density at radius 1 is 1.35 bits per heavy atom. The van der Waals surface area contributed by atoms with Gasteiger partial charge in [-0.15, -0.1) is 11.8 Å². The number of hydrogen-bond acceptors (Lipinski definition) is 3. The first kappa shape index (κ1) is 15.6. The van der Waals surface area contributed by atoms with Crippen LogP contribution >= 0.6 is 27.7 Å². The fourth-order valence-electron chi connectivity index (χ4n) is 2.03. The van der Waals surface area contributed by atoms with Gasteiger partial charge in [0.05, 0.1) is 0 Å². The summed E-state index contributed by atoms with van der Waals surface area (Å²) >= 11 is 5.48. The average molecular weight is 354 g/mol. The largest absolute Gasteiger partial charge is 0.316 e. The number of nitrogens with zero attached hydrogens (tertiary/aromatic N) is 2. The van der Waals surface area contributed by atoms with E-state index in [9.17, 15) is 0 Å². The maximum absolute atomic E-state index is 4.21. The lowest BCUT2D eigenvalue weighted by Crippen LogP contribution is -2.28. The van der Waals surface area contributed by atoms with Gasteiger partial charge in [-0.25, -0.2) is 0 Å². The second kappa shape index (κ2) is 7.86. The molecule has 3 nitrogen and oxygen atoms in total. The predicted molar refractivity (Wildman–Crippen MR) is 89.2 cm³/mol. The van der Waals surface area contributed by atoms with E-state index in [1.165, 1.54) is 15.1 Å². The molecule has 0 spiro atoms. The zero-order chi connectivity index (χ0) is 14.4. The molecule has 1 heterocycles. The lowest BCUT2D eigenvalue weighted by molar-refractivity contribution is 0.556. The van der Waals surface area contributed by atoms with Crippen LogP contribution in [-0.2, 0) is 13.5 Å². The summed E-state index contributed by atoms with van der Waals surface area (Å²) in [6.45, 7) is 0. The molecule has 0 aliphatic rings. The molecule has 1 unspecified atom stereocenters. The van der Waals surface area contributed by atoms with Crippen LogP contribution in [0, 0.1) is 0 Å². The third-order valence-electron chi connectivity index (χ3n) is 3.36. The minimum absolute atomic E-state index is 0.502. The Bertz CT molecular complexity index is 541. The number of benzene rings is 1. The van der Waals surface area contributed by atoms with Gasteiger partial charge in [-0.05, 0) is 54.0 Å². The molecule has 0 amide bonds. The smallest absolute Gasteiger partial charge is 0.0492 e. The maximum atomic E-state index is 4.21. The van der Waals surface area contributed by atoms with Gasteiger partial charge in [-0.3, -0.25) is 4.68 Å². The summed E-state index contributed by atoms with van der Waals surface area (Å²) in [5.41, 5.74) is 1.29.